The first-order valence-electron chi connectivity index (χ1n) is 10.2. The van der Waals surface area contributed by atoms with E-state index in [1.807, 2.05) is 0 Å². The van der Waals surface area contributed by atoms with Gasteiger partial charge in [0.15, 0.2) is 16.6 Å². The van der Waals surface area contributed by atoms with E-state index in [1.165, 1.54) is 38.0 Å². The van der Waals surface area contributed by atoms with Crippen molar-refractivity contribution >= 4 is 16.6 Å². The molecule has 0 N–H and O–H groups in total. The van der Waals surface area contributed by atoms with E-state index < -0.39 is 16.6 Å². The fraction of sp³-hybridized carbons (Fsp3) is 1.00. The summed E-state index contributed by atoms with van der Waals surface area (Å²) in [7, 11) is -3.09. The Labute approximate surface area is 157 Å². The zero-order valence-corrected chi connectivity index (χ0v) is 19.0. The first-order chi connectivity index (χ1) is 11.9. The average molecular weight is 389 g/mol. The van der Waals surface area contributed by atoms with Gasteiger partial charge in [-0.15, -0.1) is 0 Å². The van der Waals surface area contributed by atoms with Crippen molar-refractivity contribution in [1.29, 1.82) is 0 Å². The van der Waals surface area contributed by atoms with Crippen molar-refractivity contribution < 1.29 is 13.6 Å². The molecule has 0 aromatic heterocycles. The highest BCUT2D eigenvalue weighted by molar-refractivity contribution is 6.84. The molecule has 0 aromatic rings. The topological polar surface area (TPSA) is 34.2 Å². The van der Waals surface area contributed by atoms with Crippen LogP contribution in [-0.2, 0) is 13.6 Å². The minimum atomic E-state index is -1.54. The Bertz CT molecular complexity index is 337. The third-order valence-electron chi connectivity index (χ3n) is 5.27. The van der Waals surface area contributed by atoms with Crippen LogP contribution in [0.15, 0.2) is 0 Å². The molecule has 0 aromatic carbocycles. The summed E-state index contributed by atoms with van der Waals surface area (Å²) in [5.74, 6) is 0. The first-order valence-corrected chi connectivity index (χ1v) is 16.4. The molecule has 5 nitrogen and oxygen atoms in total. The van der Waals surface area contributed by atoms with Gasteiger partial charge < -0.3 is 13.6 Å². The van der Waals surface area contributed by atoms with Crippen LogP contribution in [0.2, 0.25) is 38.3 Å². The zero-order chi connectivity index (χ0) is 18.2. The second kappa shape index (κ2) is 10.5. The Balaban J connectivity index is 1.62. The molecule has 2 fully saturated rings. The Morgan fingerprint density at radius 1 is 0.680 bits per heavy atom. The van der Waals surface area contributed by atoms with Crippen LogP contribution in [0.4, 0.5) is 0 Å². The molecular formula is C18H40N2O3Si2. The Morgan fingerprint density at radius 2 is 1.04 bits per heavy atom. The van der Waals surface area contributed by atoms with Crippen molar-refractivity contribution in [3.63, 3.8) is 0 Å². The van der Waals surface area contributed by atoms with Crippen LogP contribution in [0, 0.1) is 0 Å². The molecular weight excluding hydrogens is 348 g/mol. The maximum atomic E-state index is 6.80. The van der Waals surface area contributed by atoms with Gasteiger partial charge in [0.2, 0.25) is 0 Å². The molecule has 0 saturated carbocycles. The standard InChI is InChI=1S/C18H40N2O3Si2/c1-24(2,17-5-7-19-9-13-21-14-10-19)23-25(3,4)18-6-8-20-11-15-22-16-12-20/h5-18H2,1-4H3. The smallest absolute Gasteiger partial charge is 0.173 e. The molecule has 0 radical (unpaired) electrons. The molecule has 148 valence electrons. The van der Waals surface area contributed by atoms with Crippen LogP contribution in [0.1, 0.15) is 12.8 Å². The third-order valence-corrected chi connectivity index (χ3v) is 12.8. The fourth-order valence-corrected chi connectivity index (χ4v) is 12.8. The van der Waals surface area contributed by atoms with E-state index in [-0.39, 0.29) is 0 Å². The largest absolute Gasteiger partial charge is 0.455 e. The Kier molecular flexibility index (Phi) is 9.08. The van der Waals surface area contributed by atoms with Gasteiger partial charge in [-0.2, -0.15) is 0 Å². The normalized spacial score (nSPS) is 21.6. The maximum absolute atomic E-state index is 6.80. The first kappa shape index (κ1) is 21.5. The summed E-state index contributed by atoms with van der Waals surface area (Å²) in [6.45, 7) is 20.1. The highest BCUT2D eigenvalue weighted by Crippen LogP contribution is 2.24. The van der Waals surface area contributed by atoms with E-state index in [1.54, 1.807) is 0 Å². The molecule has 2 heterocycles. The molecule has 2 aliphatic heterocycles. The highest BCUT2D eigenvalue weighted by atomic mass is 28.4. The van der Waals surface area contributed by atoms with Gasteiger partial charge in [-0.25, -0.2) is 0 Å². The van der Waals surface area contributed by atoms with Crippen molar-refractivity contribution in [3.8, 4) is 0 Å². The minimum Gasteiger partial charge on any atom is -0.455 e. The fourth-order valence-electron chi connectivity index (χ4n) is 3.96. The van der Waals surface area contributed by atoms with Crippen molar-refractivity contribution in [3.05, 3.63) is 0 Å². The number of nitrogens with zero attached hydrogens (tertiary/aromatic N) is 2. The lowest BCUT2D eigenvalue weighted by molar-refractivity contribution is 0.0379. The Hall–Kier alpha value is 0.234. The molecule has 0 spiro atoms. The number of rotatable bonds is 10. The van der Waals surface area contributed by atoms with Crippen LogP contribution in [0.3, 0.4) is 0 Å². The van der Waals surface area contributed by atoms with Crippen molar-refractivity contribution in [1.82, 2.24) is 9.80 Å². The zero-order valence-electron chi connectivity index (χ0n) is 17.0. The summed E-state index contributed by atoms with van der Waals surface area (Å²) in [5, 5.41) is 0. The second-order valence-corrected chi connectivity index (χ2v) is 17.6. The monoisotopic (exact) mass is 388 g/mol. The van der Waals surface area contributed by atoms with Gasteiger partial charge in [0.05, 0.1) is 26.4 Å². The lowest BCUT2D eigenvalue weighted by Gasteiger charge is -2.35. The van der Waals surface area contributed by atoms with Gasteiger partial charge in [0.25, 0.3) is 0 Å². The summed E-state index contributed by atoms with van der Waals surface area (Å²) >= 11 is 0. The van der Waals surface area contributed by atoms with E-state index in [4.69, 9.17) is 13.6 Å². The summed E-state index contributed by atoms with van der Waals surface area (Å²) in [5.41, 5.74) is 0. The predicted molar refractivity (Wildman–Crippen MR) is 109 cm³/mol. The molecule has 7 heteroatoms. The van der Waals surface area contributed by atoms with Gasteiger partial charge in [0.1, 0.15) is 0 Å². The SMILES string of the molecule is C[Si](C)(CCCN1CCOCC1)O[Si](C)(C)CCCN1CCOCC1. The molecule has 2 aliphatic rings. The molecule has 2 saturated heterocycles. The quantitative estimate of drug-likeness (QED) is 0.538. The van der Waals surface area contributed by atoms with E-state index in [9.17, 15) is 0 Å². The van der Waals surface area contributed by atoms with Gasteiger partial charge in [-0.1, -0.05) is 0 Å². The molecule has 0 bridgehead atoms. The summed E-state index contributed by atoms with van der Waals surface area (Å²) < 4.78 is 17.7. The van der Waals surface area contributed by atoms with Crippen LogP contribution >= 0.6 is 0 Å². The minimum absolute atomic E-state index is 0.903. The average Bonchev–Trinajstić information content (AvgIpc) is 2.55. The molecule has 2 rings (SSSR count). The lowest BCUT2D eigenvalue weighted by Crippen LogP contribution is -2.45. The molecule has 0 unspecified atom stereocenters. The number of hydrogen-bond acceptors (Lipinski definition) is 5. The summed E-state index contributed by atoms with van der Waals surface area (Å²) in [6.07, 6.45) is 2.55. The Morgan fingerprint density at radius 3 is 1.40 bits per heavy atom. The number of ether oxygens (including phenoxy) is 2. The van der Waals surface area contributed by atoms with E-state index >= 15 is 0 Å². The van der Waals surface area contributed by atoms with Crippen LogP contribution in [0.25, 0.3) is 0 Å². The summed E-state index contributed by atoms with van der Waals surface area (Å²) in [6, 6.07) is 2.56. The summed E-state index contributed by atoms with van der Waals surface area (Å²) in [4.78, 5) is 5.08. The second-order valence-electron chi connectivity index (χ2n) is 8.74. The lowest BCUT2D eigenvalue weighted by atomic mass is 10.3. The van der Waals surface area contributed by atoms with Crippen molar-refractivity contribution in [2.45, 2.75) is 51.1 Å². The molecule has 0 amide bonds. The molecule has 25 heavy (non-hydrogen) atoms. The molecule has 0 aliphatic carbocycles. The van der Waals surface area contributed by atoms with Gasteiger partial charge >= 0.3 is 0 Å². The number of hydrogen-bond donors (Lipinski definition) is 0. The van der Waals surface area contributed by atoms with Crippen molar-refractivity contribution in [2.24, 2.45) is 0 Å². The number of morpholine rings is 2. The van der Waals surface area contributed by atoms with Crippen LogP contribution < -0.4 is 0 Å². The van der Waals surface area contributed by atoms with E-state index in [0.717, 1.165) is 52.6 Å². The third kappa shape index (κ3) is 9.12. The maximum Gasteiger partial charge on any atom is 0.173 e. The van der Waals surface area contributed by atoms with E-state index in [0.29, 0.717) is 0 Å². The van der Waals surface area contributed by atoms with Gasteiger partial charge in [-0.3, -0.25) is 9.80 Å². The van der Waals surface area contributed by atoms with Crippen molar-refractivity contribution in [2.75, 3.05) is 65.7 Å². The van der Waals surface area contributed by atoms with Gasteiger partial charge in [-0.05, 0) is 64.2 Å². The predicted octanol–water partition coefficient (Wildman–Crippen LogP) is 2.86. The molecule has 0 atom stereocenters. The van der Waals surface area contributed by atoms with E-state index in [2.05, 4.69) is 36.0 Å². The van der Waals surface area contributed by atoms with Gasteiger partial charge in [0, 0.05) is 26.2 Å². The highest BCUT2D eigenvalue weighted by Gasteiger charge is 2.32. The van der Waals surface area contributed by atoms with Crippen LogP contribution in [-0.4, -0.2) is 92.1 Å². The van der Waals surface area contributed by atoms with Crippen LogP contribution in [0.5, 0.6) is 0 Å².